The van der Waals surface area contributed by atoms with Crippen LogP contribution in [-0.2, 0) is 20.7 Å². The van der Waals surface area contributed by atoms with Crippen molar-refractivity contribution in [2.24, 2.45) is 0 Å². The fraction of sp³-hybridized carbons (Fsp3) is 0.217. The third-order valence-electron chi connectivity index (χ3n) is 4.43. The fourth-order valence-electron chi connectivity index (χ4n) is 2.83. The molecule has 1 heterocycles. The molecule has 160 valence electrons. The summed E-state index contributed by atoms with van der Waals surface area (Å²) in [5.41, 5.74) is 2.29. The number of aromatic nitrogens is 1. The average molecular weight is 421 g/mol. The molecular formula is C23H23N3O5. The highest BCUT2D eigenvalue weighted by molar-refractivity contribution is 5.97. The minimum Gasteiger partial charge on any atom is -0.454 e. The van der Waals surface area contributed by atoms with Gasteiger partial charge in [-0.05, 0) is 31.5 Å². The Morgan fingerprint density at radius 2 is 1.74 bits per heavy atom. The highest BCUT2D eigenvalue weighted by Gasteiger charge is 2.24. The number of rotatable bonds is 8. The molecule has 0 bridgehead atoms. The molecule has 0 saturated carbocycles. The van der Waals surface area contributed by atoms with Gasteiger partial charge in [0.2, 0.25) is 0 Å². The van der Waals surface area contributed by atoms with E-state index in [-0.39, 0.29) is 12.2 Å². The predicted molar refractivity (Wildman–Crippen MR) is 113 cm³/mol. The number of esters is 1. The van der Waals surface area contributed by atoms with Gasteiger partial charge in [0, 0.05) is 18.1 Å². The number of amides is 2. The van der Waals surface area contributed by atoms with E-state index < -0.39 is 30.4 Å². The molecule has 1 atom stereocenters. The van der Waals surface area contributed by atoms with Crippen LogP contribution in [0.2, 0.25) is 0 Å². The van der Waals surface area contributed by atoms with Crippen LogP contribution in [0.4, 0.5) is 5.82 Å². The summed E-state index contributed by atoms with van der Waals surface area (Å²) in [6.07, 6.45) is 0.224. The third-order valence-corrected chi connectivity index (χ3v) is 4.43. The second-order valence-corrected chi connectivity index (χ2v) is 7.06. The number of hydrogen-bond donors (Lipinski definition) is 2. The number of hydrogen-bond acceptors (Lipinski definition) is 6. The number of carbonyl (C=O) groups is 3. The first kappa shape index (κ1) is 21.8. The molecule has 0 aliphatic rings. The Labute approximate surface area is 179 Å². The highest BCUT2D eigenvalue weighted by Crippen LogP contribution is 2.09. The smallest absolute Gasteiger partial charge is 0.329 e. The molecule has 0 spiro atoms. The number of aryl methyl sites for hydroxylation is 2. The van der Waals surface area contributed by atoms with E-state index >= 15 is 0 Å². The average Bonchev–Trinajstić information content (AvgIpc) is 3.17. The Morgan fingerprint density at radius 1 is 1.03 bits per heavy atom. The van der Waals surface area contributed by atoms with Crippen LogP contribution in [0, 0.1) is 13.8 Å². The summed E-state index contributed by atoms with van der Waals surface area (Å²) in [7, 11) is 0. The summed E-state index contributed by atoms with van der Waals surface area (Å²) in [6.45, 7) is 3.09. The second-order valence-electron chi connectivity index (χ2n) is 7.06. The zero-order valence-electron chi connectivity index (χ0n) is 17.3. The van der Waals surface area contributed by atoms with Crippen LogP contribution >= 0.6 is 0 Å². The maximum absolute atomic E-state index is 12.7. The molecule has 8 heteroatoms. The van der Waals surface area contributed by atoms with Gasteiger partial charge in [-0.2, -0.15) is 0 Å². The van der Waals surface area contributed by atoms with Crippen LogP contribution in [0.5, 0.6) is 0 Å². The Hall–Kier alpha value is -3.94. The number of nitrogens with one attached hydrogen (secondary N) is 2. The van der Waals surface area contributed by atoms with Gasteiger partial charge in [-0.15, -0.1) is 0 Å². The molecule has 0 aliphatic carbocycles. The van der Waals surface area contributed by atoms with E-state index in [0.29, 0.717) is 11.3 Å². The van der Waals surface area contributed by atoms with Gasteiger partial charge in [0.05, 0.1) is 0 Å². The van der Waals surface area contributed by atoms with Crippen LogP contribution < -0.4 is 10.6 Å². The summed E-state index contributed by atoms with van der Waals surface area (Å²) >= 11 is 0. The lowest BCUT2D eigenvalue weighted by Gasteiger charge is -2.18. The molecule has 0 aliphatic heterocycles. The Balaban J connectivity index is 1.64. The van der Waals surface area contributed by atoms with E-state index in [1.807, 2.05) is 49.4 Å². The zero-order chi connectivity index (χ0) is 22.2. The van der Waals surface area contributed by atoms with Gasteiger partial charge >= 0.3 is 5.97 Å². The lowest BCUT2D eigenvalue weighted by atomic mass is 10.1. The minimum absolute atomic E-state index is 0.224. The predicted octanol–water partition coefficient (Wildman–Crippen LogP) is 2.81. The van der Waals surface area contributed by atoms with Crippen molar-refractivity contribution in [1.29, 1.82) is 0 Å². The van der Waals surface area contributed by atoms with Crippen molar-refractivity contribution < 1.29 is 23.6 Å². The summed E-state index contributed by atoms with van der Waals surface area (Å²) in [4.78, 5) is 37.3. The number of nitrogens with zero attached hydrogens (tertiary/aromatic N) is 1. The molecule has 3 aromatic rings. The van der Waals surface area contributed by atoms with Crippen molar-refractivity contribution in [3.63, 3.8) is 0 Å². The third kappa shape index (κ3) is 6.53. The summed E-state index contributed by atoms with van der Waals surface area (Å²) in [5.74, 6) is -0.915. The Kier molecular flexibility index (Phi) is 7.16. The van der Waals surface area contributed by atoms with Gasteiger partial charge in [0.1, 0.15) is 11.8 Å². The molecule has 2 N–H and O–H groups in total. The van der Waals surface area contributed by atoms with E-state index in [4.69, 9.17) is 9.26 Å². The molecule has 1 aromatic heterocycles. The van der Waals surface area contributed by atoms with Crippen molar-refractivity contribution in [1.82, 2.24) is 10.5 Å². The van der Waals surface area contributed by atoms with Crippen molar-refractivity contribution in [2.45, 2.75) is 26.3 Å². The lowest BCUT2D eigenvalue weighted by molar-refractivity contribution is -0.149. The van der Waals surface area contributed by atoms with E-state index in [1.165, 1.54) is 0 Å². The largest absolute Gasteiger partial charge is 0.454 e. The van der Waals surface area contributed by atoms with Gasteiger partial charge < -0.3 is 19.9 Å². The first-order valence-corrected chi connectivity index (χ1v) is 9.72. The summed E-state index contributed by atoms with van der Waals surface area (Å²) in [5, 5.41) is 8.82. The van der Waals surface area contributed by atoms with Crippen LogP contribution in [0.3, 0.4) is 0 Å². The van der Waals surface area contributed by atoms with E-state index in [1.54, 1.807) is 25.1 Å². The van der Waals surface area contributed by atoms with Crippen molar-refractivity contribution in [3.8, 4) is 0 Å². The van der Waals surface area contributed by atoms with E-state index in [9.17, 15) is 14.4 Å². The maximum Gasteiger partial charge on any atom is 0.329 e. The molecule has 0 saturated heterocycles. The zero-order valence-corrected chi connectivity index (χ0v) is 17.3. The monoisotopic (exact) mass is 421 g/mol. The topological polar surface area (TPSA) is 111 Å². The van der Waals surface area contributed by atoms with Crippen LogP contribution in [0.1, 0.15) is 27.2 Å². The Morgan fingerprint density at radius 3 is 2.39 bits per heavy atom. The Bertz CT molecular complexity index is 1040. The molecular weight excluding hydrogens is 398 g/mol. The molecule has 2 aromatic carbocycles. The van der Waals surface area contributed by atoms with Gasteiger partial charge in [-0.3, -0.25) is 9.59 Å². The van der Waals surface area contributed by atoms with Crippen LogP contribution in [0.25, 0.3) is 0 Å². The summed E-state index contributed by atoms with van der Waals surface area (Å²) in [6, 6.07) is 16.8. The fourth-order valence-corrected chi connectivity index (χ4v) is 2.83. The van der Waals surface area contributed by atoms with Gasteiger partial charge in [0.25, 0.3) is 11.8 Å². The minimum atomic E-state index is -0.960. The van der Waals surface area contributed by atoms with Crippen molar-refractivity contribution in [3.05, 3.63) is 83.1 Å². The maximum atomic E-state index is 12.7. The van der Waals surface area contributed by atoms with Crippen molar-refractivity contribution in [2.75, 3.05) is 11.9 Å². The summed E-state index contributed by atoms with van der Waals surface area (Å²) < 4.78 is 10.0. The number of anilines is 1. The van der Waals surface area contributed by atoms with Gasteiger partial charge in [-0.1, -0.05) is 53.2 Å². The first-order chi connectivity index (χ1) is 14.9. The molecule has 8 nitrogen and oxygen atoms in total. The highest BCUT2D eigenvalue weighted by atomic mass is 16.5. The van der Waals surface area contributed by atoms with E-state index in [0.717, 1.165) is 11.1 Å². The standard InChI is InChI=1S/C23H23N3O5/c1-15-8-10-18(11-9-15)22(28)24-19(13-17-6-4-3-5-7-17)23(29)30-14-21(27)25-20-12-16(2)31-26-20/h3-12,19H,13-14H2,1-2H3,(H,24,28)(H,25,26,27)/t19-/m0/s1. The number of carbonyl (C=O) groups excluding carboxylic acids is 3. The van der Waals surface area contributed by atoms with Crippen LogP contribution in [0.15, 0.2) is 65.2 Å². The molecule has 0 fully saturated rings. The molecule has 2 amide bonds. The number of benzene rings is 2. The molecule has 0 radical (unpaired) electrons. The van der Waals surface area contributed by atoms with Gasteiger partial charge in [0.15, 0.2) is 12.4 Å². The first-order valence-electron chi connectivity index (χ1n) is 9.72. The van der Waals surface area contributed by atoms with Crippen LogP contribution in [-0.4, -0.2) is 35.6 Å². The molecule has 0 unspecified atom stereocenters. The lowest BCUT2D eigenvalue weighted by Crippen LogP contribution is -2.44. The van der Waals surface area contributed by atoms with E-state index in [2.05, 4.69) is 15.8 Å². The number of ether oxygens (including phenoxy) is 1. The SMILES string of the molecule is Cc1ccc(C(=O)N[C@@H](Cc2ccccc2)C(=O)OCC(=O)Nc2cc(C)on2)cc1. The normalized spacial score (nSPS) is 11.4. The van der Waals surface area contributed by atoms with Gasteiger partial charge in [-0.25, -0.2) is 4.79 Å². The quantitative estimate of drug-likeness (QED) is 0.541. The second kappa shape index (κ2) is 10.2. The molecule has 31 heavy (non-hydrogen) atoms. The van der Waals surface area contributed by atoms with Crippen molar-refractivity contribution >= 4 is 23.6 Å². The molecule has 3 rings (SSSR count).